The Kier molecular flexibility index (Phi) is 5.89. The van der Waals surface area contributed by atoms with Crippen LogP contribution >= 0.6 is 15.9 Å². The van der Waals surface area contributed by atoms with Gasteiger partial charge in [-0.3, -0.25) is 4.57 Å². The smallest absolute Gasteiger partial charge is 0.238 e. The van der Waals surface area contributed by atoms with Gasteiger partial charge in [0.05, 0.1) is 11.0 Å². The van der Waals surface area contributed by atoms with Crippen molar-refractivity contribution in [1.29, 1.82) is 0 Å². The Hall–Kier alpha value is -5.59. The summed E-state index contributed by atoms with van der Waals surface area (Å²) in [7, 11) is 0. The highest BCUT2D eigenvalue weighted by Gasteiger charge is 2.19. The number of para-hydroxylation sites is 4. The second-order valence-corrected chi connectivity index (χ2v) is 11.8. The van der Waals surface area contributed by atoms with Gasteiger partial charge in [-0.2, -0.15) is 9.97 Å². The van der Waals surface area contributed by atoms with Crippen LogP contribution in [0.3, 0.4) is 0 Å². The number of benzene rings is 6. The van der Waals surface area contributed by atoms with Crippen LogP contribution in [0.2, 0.25) is 0 Å². The summed E-state index contributed by atoms with van der Waals surface area (Å²) in [5, 5.41) is 4.50. The maximum Gasteiger partial charge on any atom is 0.238 e. The predicted molar refractivity (Wildman–Crippen MR) is 185 cm³/mol. The topological polar surface area (TPSA) is 56.7 Å². The van der Waals surface area contributed by atoms with Crippen molar-refractivity contribution in [3.05, 3.63) is 144 Å². The Morgan fingerprint density at radius 1 is 0.489 bits per heavy atom. The first kappa shape index (κ1) is 25.9. The van der Waals surface area contributed by atoms with Gasteiger partial charge in [0.15, 0.2) is 11.6 Å². The average Bonchev–Trinajstić information content (AvgIpc) is 3.66. The summed E-state index contributed by atoms with van der Waals surface area (Å²) in [6.45, 7) is 0. The number of hydrogen-bond donors (Lipinski definition) is 0. The van der Waals surface area contributed by atoms with E-state index in [1.165, 1.54) is 0 Å². The van der Waals surface area contributed by atoms with Crippen LogP contribution in [-0.2, 0) is 0 Å². The summed E-state index contributed by atoms with van der Waals surface area (Å²) in [5.41, 5.74) is 7.76. The molecule has 0 amide bonds. The standard InChI is InChI=1S/C39H23BrN4O/c40-32-17-9-15-30-28-12-4-6-18-33(28)44(35(30)32)39-42-37(25-10-2-1-3-11-25)41-38(43-39)26-22-20-24(21-23-26)27-14-8-16-31-29-13-5-7-19-34(29)45-36(27)31/h1-23H. The second kappa shape index (κ2) is 10.3. The number of fused-ring (bicyclic) bond motifs is 6. The van der Waals surface area contributed by atoms with Gasteiger partial charge in [0.1, 0.15) is 11.2 Å². The summed E-state index contributed by atoms with van der Waals surface area (Å²) in [4.78, 5) is 15.1. The van der Waals surface area contributed by atoms with E-state index in [-0.39, 0.29) is 0 Å². The molecule has 0 fully saturated rings. The summed E-state index contributed by atoms with van der Waals surface area (Å²) in [6, 6.07) is 47.5. The number of hydrogen-bond acceptors (Lipinski definition) is 4. The molecule has 5 nitrogen and oxygen atoms in total. The Morgan fingerprint density at radius 2 is 1.11 bits per heavy atom. The van der Waals surface area contributed by atoms with E-state index in [4.69, 9.17) is 19.4 Å². The zero-order valence-electron chi connectivity index (χ0n) is 23.9. The fourth-order valence-electron chi connectivity index (χ4n) is 6.27. The van der Waals surface area contributed by atoms with Gasteiger partial charge in [-0.15, -0.1) is 0 Å². The molecule has 9 rings (SSSR count). The lowest BCUT2D eigenvalue weighted by Crippen LogP contribution is -2.06. The third kappa shape index (κ3) is 4.18. The van der Waals surface area contributed by atoms with Crippen LogP contribution in [0, 0.1) is 0 Å². The number of aromatic nitrogens is 4. The highest BCUT2D eigenvalue weighted by molar-refractivity contribution is 9.10. The number of nitrogens with zero attached hydrogens (tertiary/aromatic N) is 4. The molecule has 0 radical (unpaired) electrons. The van der Waals surface area contributed by atoms with Gasteiger partial charge in [-0.25, -0.2) is 4.98 Å². The van der Waals surface area contributed by atoms with Crippen molar-refractivity contribution in [2.75, 3.05) is 0 Å². The molecular weight excluding hydrogens is 620 g/mol. The lowest BCUT2D eigenvalue weighted by molar-refractivity contribution is 0.670. The first-order chi connectivity index (χ1) is 22.2. The molecule has 0 aliphatic rings. The zero-order valence-corrected chi connectivity index (χ0v) is 25.4. The van der Waals surface area contributed by atoms with Crippen LogP contribution in [0.15, 0.2) is 148 Å². The van der Waals surface area contributed by atoms with Crippen molar-refractivity contribution < 1.29 is 4.42 Å². The molecule has 0 aliphatic heterocycles. The van der Waals surface area contributed by atoms with E-state index in [1.54, 1.807) is 0 Å². The summed E-state index contributed by atoms with van der Waals surface area (Å²) >= 11 is 3.81. The molecule has 6 aromatic carbocycles. The minimum atomic E-state index is 0.563. The summed E-state index contributed by atoms with van der Waals surface area (Å²) < 4.78 is 9.42. The SMILES string of the molecule is Brc1cccc2c3ccccc3n(-c3nc(-c4ccccc4)nc(-c4ccc(-c5cccc6c5oc5ccccc56)cc4)n3)c12. The van der Waals surface area contributed by atoms with Gasteiger partial charge >= 0.3 is 0 Å². The van der Waals surface area contributed by atoms with Crippen LogP contribution in [-0.4, -0.2) is 19.5 Å². The normalized spacial score (nSPS) is 11.7. The molecule has 6 heteroatoms. The molecule has 0 spiro atoms. The van der Waals surface area contributed by atoms with Gasteiger partial charge in [0, 0.05) is 42.7 Å². The van der Waals surface area contributed by atoms with Crippen LogP contribution in [0.4, 0.5) is 0 Å². The predicted octanol–water partition coefficient (Wildman–Crippen LogP) is 10.6. The van der Waals surface area contributed by atoms with Crippen molar-refractivity contribution in [2.24, 2.45) is 0 Å². The van der Waals surface area contributed by atoms with Crippen LogP contribution < -0.4 is 0 Å². The molecule has 212 valence electrons. The first-order valence-corrected chi connectivity index (χ1v) is 15.5. The minimum Gasteiger partial charge on any atom is -0.455 e. The van der Waals surface area contributed by atoms with Gasteiger partial charge in [0.25, 0.3) is 0 Å². The third-order valence-electron chi connectivity index (χ3n) is 8.36. The number of furan rings is 1. The third-order valence-corrected chi connectivity index (χ3v) is 9.00. The van der Waals surface area contributed by atoms with Crippen molar-refractivity contribution in [1.82, 2.24) is 19.5 Å². The number of rotatable bonds is 4. The molecule has 0 unspecified atom stereocenters. The molecule has 0 N–H and O–H groups in total. The Balaban J connectivity index is 1.23. The maximum absolute atomic E-state index is 6.32. The highest BCUT2D eigenvalue weighted by atomic mass is 79.9. The van der Waals surface area contributed by atoms with E-state index in [9.17, 15) is 0 Å². The van der Waals surface area contributed by atoms with Crippen LogP contribution in [0.1, 0.15) is 0 Å². The first-order valence-electron chi connectivity index (χ1n) is 14.7. The maximum atomic E-state index is 6.32. The van der Waals surface area contributed by atoms with E-state index < -0.39 is 0 Å². The Labute approximate surface area is 266 Å². The van der Waals surface area contributed by atoms with Crippen molar-refractivity contribution >= 4 is 59.7 Å². The zero-order chi connectivity index (χ0) is 29.9. The minimum absolute atomic E-state index is 0.563. The molecular formula is C39H23BrN4O. The van der Waals surface area contributed by atoms with Gasteiger partial charge in [-0.1, -0.05) is 121 Å². The molecule has 0 bridgehead atoms. The van der Waals surface area contributed by atoms with Crippen molar-refractivity contribution in [2.45, 2.75) is 0 Å². The fraction of sp³-hybridized carbons (Fsp3) is 0. The molecule has 0 saturated heterocycles. The van der Waals surface area contributed by atoms with Crippen molar-refractivity contribution in [3.63, 3.8) is 0 Å². The Bertz CT molecular complexity index is 2550. The highest BCUT2D eigenvalue weighted by Crippen LogP contribution is 2.38. The van der Waals surface area contributed by atoms with Crippen LogP contribution in [0.5, 0.6) is 0 Å². The molecule has 3 aromatic heterocycles. The average molecular weight is 644 g/mol. The molecule has 0 aliphatic carbocycles. The molecule has 9 aromatic rings. The molecule has 0 saturated carbocycles. The van der Waals surface area contributed by atoms with Gasteiger partial charge in [0.2, 0.25) is 5.95 Å². The molecule has 0 atom stereocenters. The van der Waals surface area contributed by atoms with Crippen LogP contribution in [0.25, 0.3) is 83.6 Å². The van der Waals surface area contributed by atoms with Gasteiger partial charge < -0.3 is 4.42 Å². The second-order valence-electron chi connectivity index (χ2n) is 11.0. The lowest BCUT2D eigenvalue weighted by atomic mass is 10.0. The van der Waals surface area contributed by atoms with E-state index in [0.717, 1.165) is 70.5 Å². The summed E-state index contributed by atoms with van der Waals surface area (Å²) in [5.74, 6) is 1.78. The Morgan fingerprint density at radius 3 is 1.93 bits per heavy atom. The summed E-state index contributed by atoms with van der Waals surface area (Å²) in [6.07, 6.45) is 0. The largest absolute Gasteiger partial charge is 0.455 e. The quantitative estimate of drug-likeness (QED) is 0.192. The van der Waals surface area contributed by atoms with Gasteiger partial charge in [-0.05, 0) is 39.7 Å². The van der Waals surface area contributed by atoms with E-state index >= 15 is 0 Å². The fourth-order valence-corrected chi connectivity index (χ4v) is 6.81. The monoisotopic (exact) mass is 642 g/mol. The number of halogens is 1. The van der Waals surface area contributed by atoms with Crippen molar-refractivity contribution in [3.8, 4) is 39.9 Å². The lowest BCUT2D eigenvalue weighted by Gasteiger charge is -2.12. The molecule has 45 heavy (non-hydrogen) atoms. The van der Waals surface area contributed by atoms with E-state index in [2.05, 4.69) is 105 Å². The van der Waals surface area contributed by atoms with E-state index in [1.807, 2.05) is 54.6 Å². The molecule has 3 heterocycles. The van der Waals surface area contributed by atoms with E-state index in [0.29, 0.717) is 17.6 Å².